The standard InChI is InChI=1S/C12H20N2O2/c1-8(2)11(7-15)14-9-4-5-10(13)12(6-9)16-3/h4-6,8,11,14-15H,7,13H2,1-3H3. The summed E-state index contributed by atoms with van der Waals surface area (Å²) in [5.74, 6) is 0.999. The van der Waals surface area contributed by atoms with Gasteiger partial charge in [-0.05, 0) is 18.1 Å². The monoisotopic (exact) mass is 224 g/mol. The molecule has 0 fully saturated rings. The molecule has 1 aromatic rings. The van der Waals surface area contributed by atoms with E-state index in [4.69, 9.17) is 10.5 Å². The molecule has 1 atom stereocenters. The van der Waals surface area contributed by atoms with Gasteiger partial charge in [-0.2, -0.15) is 0 Å². The number of nitrogens with one attached hydrogen (secondary N) is 1. The quantitative estimate of drug-likeness (QED) is 0.666. The SMILES string of the molecule is COc1cc(NC(CO)C(C)C)ccc1N. The first-order valence-corrected chi connectivity index (χ1v) is 5.39. The highest BCUT2D eigenvalue weighted by Gasteiger charge is 2.12. The van der Waals surface area contributed by atoms with Gasteiger partial charge in [-0.3, -0.25) is 0 Å². The topological polar surface area (TPSA) is 67.5 Å². The molecular formula is C12H20N2O2. The molecule has 0 saturated heterocycles. The summed E-state index contributed by atoms with van der Waals surface area (Å²) in [5.41, 5.74) is 7.23. The minimum absolute atomic E-state index is 0.0355. The number of rotatable bonds is 5. The number of anilines is 2. The van der Waals surface area contributed by atoms with Gasteiger partial charge in [-0.25, -0.2) is 0 Å². The first-order valence-electron chi connectivity index (χ1n) is 5.39. The van der Waals surface area contributed by atoms with Gasteiger partial charge in [0.15, 0.2) is 0 Å². The third-order valence-corrected chi connectivity index (χ3v) is 2.59. The molecule has 0 radical (unpaired) electrons. The zero-order chi connectivity index (χ0) is 12.1. The molecule has 4 heteroatoms. The van der Waals surface area contributed by atoms with E-state index in [9.17, 15) is 5.11 Å². The summed E-state index contributed by atoms with van der Waals surface area (Å²) in [6.07, 6.45) is 0. The van der Waals surface area contributed by atoms with Crippen LogP contribution in [0, 0.1) is 5.92 Å². The predicted molar refractivity (Wildman–Crippen MR) is 66.7 cm³/mol. The van der Waals surface area contributed by atoms with E-state index in [1.54, 1.807) is 13.2 Å². The molecule has 4 N–H and O–H groups in total. The average molecular weight is 224 g/mol. The first kappa shape index (κ1) is 12.6. The molecular weight excluding hydrogens is 204 g/mol. The van der Waals surface area contributed by atoms with E-state index in [1.165, 1.54) is 0 Å². The van der Waals surface area contributed by atoms with Gasteiger partial charge in [-0.15, -0.1) is 0 Å². The Morgan fingerprint density at radius 2 is 2.12 bits per heavy atom. The Balaban J connectivity index is 2.80. The van der Waals surface area contributed by atoms with Crippen LogP contribution in [0.25, 0.3) is 0 Å². The Labute approximate surface area is 96.4 Å². The molecule has 0 aliphatic heterocycles. The van der Waals surface area contributed by atoms with Crippen LogP contribution in [0.4, 0.5) is 11.4 Å². The number of ether oxygens (including phenoxy) is 1. The lowest BCUT2D eigenvalue weighted by molar-refractivity contribution is 0.249. The van der Waals surface area contributed by atoms with E-state index < -0.39 is 0 Å². The molecule has 0 amide bonds. The van der Waals surface area contributed by atoms with E-state index in [2.05, 4.69) is 19.2 Å². The molecule has 0 aromatic heterocycles. The van der Waals surface area contributed by atoms with Crippen molar-refractivity contribution in [3.8, 4) is 5.75 Å². The average Bonchev–Trinajstić information content (AvgIpc) is 2.27. The molecule has 90 valence electrons. The summed E-state index contributed by atoms with van der Waals surface area (Å²) < 4.78 is 5.13. The van der Waals surface area contributed by atoms with Gasteiger partial charge in [0.1, 0.15) is 5.75 Å². The Bertz CT molecular complexity index is 340. The second-order valence-corrected chi connectivity index (χ2v) is 4.13. The van der Waals surface area contributed by atoms with Gasteiger partial charge in [0.05, 0.1) is 25.4 Å². The lowest BCUT2D eigenvalue weighted by Gasteiger charge is -2.21. The Morgan fingerprint density at radius 1 is 1.44 bits per heavy atom. The van der Waals surface area contributed by atoms with Crippen LogP contribution in [-0.4, -0.2) is 24.9 Å². The zero-order valence-corrected chi connectivity index (χ0v) is 10.0. The van der Waals surface area contributed by atoms with Gasteiger partial charge in [-0.1, -0.05) is 13.8 Å². The van der Waals surface area contributed by atoms with E-state index >= 15 is 0 Å². The summed E-state index contributed by atoms with van der Waals surface area (Å²) in [5, 5.41) is 12.5. The lowest BCUT2D eigenvalue weighted by Crippen LogP contribution is -2.29. The van der Waals surface area contributed by atoms with E-state index in [0.29, 0.717) is 17.4 Å². The maximum Gasteiger partial charge on any atom is 0.143 e. The van der Waals surface area contributed by atoms with Crippen LogP contribution < -0.4 is 15.8 Å². The number of benzene rings is 1. The van der Waals surface area contributed by atoms with Crippen LogP contribution in [0.1, 0.15) is 13.8 Å². The van der Waals surface area contributed by atoms with Gasteiger partial charge in [0.25, 0.3) is 0 Å². The van der Waals surface area contributed by atoms with Crippen molar-refractivity contribution in [2.45, 2.75) is 19.9 Å². The minimum atomic E-state index is 0.0355. The van der Waals surface area contributed by atoms with Gasteiger partial charge in [0, 0.05) is 11.8 Å². The van der Waals surface area contributed by atoms with Crippen molar-refractivity contribution >= 4 is 11.4 Å². The Morgan fingerprint density at radius 3 is 2.62 bits per heavy atom. The molecule has 0 aliphatic carbocycles. The van der Waals surface area contributed by atoms with E-state index in [-0.39, 0.29) is 12.6 Å². The number of methoxy groups -OCH3 is 1. The highest BCUT2D eigenvalue weighted by molar-refractivity contribution is 5.61. The fourth-order valence-electron chi connectivity index (χ4n) is 1.44. The number of nitrogens with two attached hydrogens (primary N) is 1. The van der Waals surface area contributed by atoms with E-state index in [0.717, 1.165) is 5.69 Å². The van der Waals surface area contributed by atoms with Crippen molar-refractivity contribution in [3.05, 3.63) is 18.2 Å². The van der Waals surface area contributed by atoms with Crippen LogP contribution >= 0.6 is 0 Å². The molecule has 1 rings (SSSR count). The zero-order valence-electron chi connectivity index (χ0n) is 10.0. The molecule has 0 aliphatic rings. The van der Waals surface area contributed by atoms with Crippen molar-refractivity contribution in [1.82, 2.24) is 0 Å². The second-order valence-electron chi connectivity index (χ2n) is 4.13. The fourth-order valence-corrected chi connectivity index (χ4v) is 1.44. The summed E-state index contributed by atoms with van der Waals surface area (Å²) in [6, 6.07) is 5.53. The van der Waals surface area contributed by atoms with Crippen LogP contribution in [-0.2, 0) is 0 Å². The summed E-state index contributed by atoms with van der Waals surface area (Å²) in [7, 11) is 1.58. The summed E-state index contributed by atoms with van der Waals surface area (Å²) >= 11 is 0. The smallest absolute Gasteiger partial charge is 0.143 e. The van der Waals surface area contributed by atoms with E-state index in [1.807, 2.05) is 12.1 Å². The number of hydrogen-bond acceptors (Lipinski definition) is 4. The molecule has 1 unspecified atom stereocenters. The molecule has 0 spiro atoms. The fraction of sp³-hybridized carbons (Fsp3) is 0.500. The van der Waals surface area contributed by atoms with Crippen LogP contribution in [0.3, 0.4) is 0 Å². The van der Waals surface area contributed by atoms with Crippen LogP contribution in [0.5, 0.6) is 5.75 Å². The minimum Gasteiger partial charge on any atom is -0.495 e. The molecule has 1 aromatic carbocycles. The van der Waals surface area contributed by atoms with Crippen molar-refractivity contribution < 1.29 is 9.84 Å². The summed E-state index contributed by atoms with van der Waals surface area (Å²) in [4.78, 5) is 0. The lowest BCUT2D eigenvalue weighted by atomic mass is 10.1. The molecule has 0 saturated carbocycles. The van der Waals surface area contributed by atoms with Crippen molar-refractivity contribution in [1.29, 1.82) is 0 Å². The molecule has 0 heterocycles. The van der Waals surface area contributed by atoms with Gasteiger partial charge >= 0.3 is 0 Å². The second kappa shape index (κ2) is 5.61. The predicted octanol–water partition coefficient (Wildman–Crippen LogP) is 1.71. The highest BCUT2D eigenvalue weighted by atomic mass is 16.5. The summed E-state index contributed by atoms with van der Waals surface area (Å²) in [6.45, 7) is 4.22. The van der Waals surface area contributed by atoms with Crippen LogP contribution in [0.15, 0.2) is 18.2 Å². The maximum absolute atomic E-state index is 9.22. The van der Waals surface area contributed by atoms with Crippen molar-refractivity contribution in [3.63, 3.8) is 0 Å². The third kappa shape index (κ3) is 3.03. The van der Waals surface area contributed by atoms with Crippen LogP contribution in [0.2, 0.25) is 0 Å². The van der Waals surface area contributed by atoms with Crippen molar-refractivity contribution in [2.75, 3.05) is 24.8 Å². The Hall–Kier alpha value is -1.42. The largest absolute Gasteiger partial charge is 0.495 e. The highest BCUT2D eigenvalue weighted by Crippen LogP contribution is 2.25. The molecule has 0 bridgehead atoms. The number of aliphatic hydroxyl groups is 1. The normalized spacial score (nSPS) is 12.6. The molecule has 4 nitrogen and oxygen atoms in total. The van der Waals surface area contributed by atoms with Crippen molar-refractivity contribution in [2.24, 2.45) is 5.92 Å². The Kier molecular flexibility index (Phi) is 4.43. The number of hydrogen-bond donors (Lipinski definition) is 3. The van der Waals surface area contributed by atoms with Gasteiger partial charge < -0.3 is 20.9 Å². The number of aliphatic hydroxyl groups excluding tert-OH is 1. The third-order valence-electron chi connectivity index (χ3n) is 2.59. The first-order chi connectivity index (χ1) is 7.58. The number of nitrogen functional groups attached to an aromatic ring is 1. The molecule has 16 heavy (non-hydrogen) atoms. The maximum atomic E-state index is 9.22. The van der Waals surface area contributed by atoms with Gasteiger partial charge in [0.2, 0.25) is 0 Å².